The van der Waals surface area contributed by atoms with Gasteiger partial charge >= 0.3 is 5.76 Å². The number of rotatable bonds is 3. The van der Waals surface area contributed by atoms with Gasteiger partial charge in [-0.15, -0.1) is 0 Å². The zero-order valence-electron chi connectivity index (χ0n) is 9.82. The van der Waals surface area contributed by atoms with E-state index in [-0.39, 0.29) is 5.78 Å². The molecule has 0 N–H and O–H groups in total. The molecule has 1 heterocycles. The molecule has 0 aliphatic heterocycles. The molecule has 88 valence electrons. The van der Waals surface area contributed by atoms with E-state index in [2.05, 4.69) is 6.58 Å². The minimum absolute atomic E-state index is 0.0535. The van der Waals surface area contributed by atoms with Crippen molar-refractivity contribution in [2.24, 2.45) is 0 Å². The molecule has 0 atom stereocenters. The van der Waals surface area contributed by atoms with E-state index in [1.165, 1.54) is 11.5 Å². The molecule has 0 unspecified atom stereocenters. The average Bonchev–Trinajstić information content (AvgIpc) is 2.54. The number of carbonyl (C=O) groups is 1. The molecule has 0 radical (unpaired) electrons. The number of aromatic nitrogens is 1. The van der Waals surface area contributed by atoms with Crippen molar-refractivity contribution in [3.05, 3.63) is 46.5 Å². The van der Waals surface area contributed by atoms with Crippen LogP contribution in [0.4, 0.5) is 0 Å². The van der Waals surface area contributed by atoms with Crippen molar-refractivity contribution >= 4 is 16.9 Å². The van der Waals surface area contributed by atoms with E-state index in [1.54, 1.807) is 18.2 Å². The first-order valence-corrected chi connectivity index (χ1v) is 5.28. The number of benzene rings is 1. The maximum Gasteiger partial charge on any atom is 0.420 e. The van der Waals surface area contributed by atoms with Crippen LogP contribution in [0.3, 0.4) is 0 Å². The molecule has 1 aromatic heterocycles. The lowest BCUT2D eigenvalue weighted by Crippen LogP contribution is -2.14. The second-order valence-electron chi connectivity index (χ2n) is 4.15. The third-order valence-electron chi connectivity index (χ3n) is 2.50. The van der Waals surface area contributed by atoms with Gasteiger partial charge in [0.2, 0.25) is 0 Å². The topological polar surface area (TPSA) is 52.2 Å². The van der Waals surface area contributed by atoms with Crippen LogP contribution >= 0.6 is 0 Å². The second-order valence-corrected chi connectivity index (χ2v) is 4.15. The fourth-order valence-electron chi connectivity index (χ4n) is 1.71. The maximum absolute atomic E-state index is 11.6. The maximum atomic E-state index is 11.6. The Hall–Kier alpha value is -2.10. The van der Waals surface area contributed by atoms with Crippen LogP contribution in [0.25, 0.3) is 11.1 Å². The summed E-state index contributed by atoms with van der Waals surface area (Å²) in [5.74, 6) is -0.481. The van der Waals surface area contributed by atoms with E-state index in [9.17, 15) is 9.59 Å². The molecule has 0 saturated carbocycles. The van der Waals surface area contributed by atoms with Gasteiger partial charge in [0.15, 0.2) is 11.4 Å². The summed E-state index contributed by atoms with van der Waals surface area (Å²) in [5.41, 5.74) is 2.52. The highest BCUT2D eigenvalue weighted by atomic mass is 16.4. The molecule has 0 spiro atoms. The molecular weight excluding hydrogens is 218 g/mol. The summed E-state index contributed by atoms with van der Waals surface area (Å²) in [4.78, 5) is 22.8. The predicted octanol–water partition coefficient (Wildman–Crippen LogP) is 2.37. The Balaban J connectivity index is 2.64. The molecule has 4 nitrogen and oxygen atoms in total. The standard InChI is InChI=1S/C13H13NO3/c1-8(2)7-14-11-5-4-10(9(3)15)6-12(11)17-13(14)16/h4-6H,1,7H2,2-3H3. The Morgan fingerprint density at radius 2 is 2.12 bits per heavy atom. The lowest BCUT2D eigenvalue weighted by molar-refractivity contribution is 0.101. The monoisotopic (exact) mass is 231 g/mol. The van der Waals surface area contributed by atoms with Crippen molar-refractivity contribution in [1.82, 2.24) is 4.57 Å². The minimum Gasteiger partial charge on any atom is -0.408 e. The van der Waals surface area contributed by atoms with Crippen LogP contribution in [0.2, 0.25) is 0 Å². The van der Waals surface area contributed by atoms with Gasteiger partial charge in [0.1, 0.15) is 0 Å². The Morgan fingerprint density at radius 3 is 2.71 bits per heavy atom. The third-order valence-corrected chi connectivity index (χ3v) is 2.50. The van der Waals surface area contributed by atoms with E-state index in [4.69, 9.17) is 4.42 Å². The molecule has 1 aromatic carbocycles. The van der Waals surface area contributed by atoms with Gasteiger partial charge in [0.05, 0.1) is 5.52 Å². The van der Waals surface area contributed by atoms with Crippen molar-refractivity contribution in [1.29, 1.82) is 0 Å². The minimum atomic E-state index is -0.427. The largest absolute Gasteiger partial charge is 0.420 e. The number of oxazole rings is 1. The number of Topliss-reactive ketones (excluding diaryl/α,β-unsaturated/α-hetero) is 1. The first-order valence-electron chi connectivity index (χ1n) is 5.28. The van der Waals surface area contributed by atoms with Gasteiger partial charge in [-0.2, -0.15) is 0 Å². The average molecular weight is 231 g/mol. The molecule has 17 heavy (non-hydrogen) atoms. The van der Waals surface area contributed by atoms with Gasteiger partial charge < -0.3 is 4.42 Å². The smallest absolute Gasteiger partial charge is 0.408 e. The number of allylic oxidation sites excluding steroid dienone is 1. The molecule has 0 fully saturated rings. The molecule has 0 bridgehead atoms. The van der Waals surface area contributed by atoms with E-state index < -0.39 is 5.76 Å². The fraction of sp³-hybridized carbons (Fsp3) is 0.231. The lowest BCUT2D eigenvalue weighted by Gasteiger charge is -2.01. The summed E-state index contributed by atoms with van der Waals surface area (Å²) in [6, 6.07) is 5.00. The molecule has 0 saturated heterocycles. The van der Waals surface area contributed by atoms with Gasteiger partial charge in [-0.3, -0.25) is 9.36 Å². The highest BCUT2D eigenvalue weighted by molar-refractivity contribution is 5.96. The summed E-state index contributed by atoms with van der Waals surface area (Å²) >= 11 is 0. The molecular formula is C13H13NO3. The molecule has 2 aromatic rings. The Bertz CT molecular complexity index is 661. The Labute approximate surface area is 98.2 Å². The van der Waals surface area contributed by atoms with E-state index >= 15 is 0 Å². The molecule has 2 rings (SSSR count). The summed E-state index contributed by atoms with van der Waals surface area (Å²) < 4.78 is 6.61. The number of ketones is 1. The summed E-state index contributed by atoms with van der Waals surface area (Å²) in [7, 11) is 0. The van der Waals surface area contributed by atoms with E-state index in [1.807, 2.05) is 6.92 Å². The quantitative estimate of drug-likeness (QED) is 0.602. The lowest BCUT2D eigenvalue weighted by atomic mass is 10.1. The van der Waals surface area contributed by atoms with Crippen LogP contribution < -0.4 is 5.76 Å². The van der Waals surface area contributed by atoms with Crippen LogP contribution in [0.5, 0.6) is 0 Å². The third kappa shape index (κ3) is 2.06. The van der Waals surface area contributed by atoms with E-state index in [0.717, 1.165) is 5.57 Å². The normalized spacial score (nSPS) is 10.7. The first-order chi connectivity index (χ1) is 7.99. The molecule has 0 amide bonds. The number of fused-ring (bicyclic) bond motifs is 1. The van der Waals surface area contributed by atoms with Gasteiger partial charge in [0, 0.05) is 12.1 Å². The highest BCUT2D eigenvalue weighted by Gasteiger charge is 2.10. The first kappa shape index (κ1) is 11.4. The number of carbonyl (C=O) groups excluding carboxylic acids is 1. The predicted molar refractivity (Wildman–Crippen MR) is 65.3 cm³/mol. The second kappa shape index (κ2) is 4.05. The van der Waals surface area contributed by atoms with Crippen molar-refractivity contribution < 1.29 is 9.21 Å². The Kier molecular flexibility index (Phi) is 2.71. The summed E-state index contributed by atoms with van der Waals surface area (Å²) in [6.45, 7) is 7.51. The van der Waals surface area contributed by atoms with Crippen LogP contribution in [0.1, 0.15) is 24.2 Å². The van der Waals surface area contributed by atoms with Crippen molar-refractivity contribution in [2.75, 3.05) is 0 Å². The van der Waals surface area contributed by atoms with Gasteiger partial charge in [-0.25, -0.2) is 4.79 Å². The Morgan fingerprint density at radius 1 is 1.41 bits per heavy atom. The number of hydrogen-bond acceptors (Lipinski definition) is 3. The van der Waals surface area contributed by atoms with Gasteiger partial charge in [-0.05, 0) is 32.0 Å². The van der Waals surface area contributed by atoms with Crippen LogP contribution in [0, 0.1) is 0 Å². The SMILES string of the molecule is C=C(C)Cn1c(=O)oc2cc(C(C)=O)ccc21. The zero-order valence-corrected chi connectivity index (χ0v) is 9.82. The van der Waals surface area contributed by atoms with Gasteiger partial charge in [0.25, 0.3) is 0 Å². The summed E-state index contributed by atoms with van der Waals surface area (Å²) in [5, 5.41) is 0. The molecule has 0 aliphatic rings. The number of hydrogen-bond donors (Lipinski definition) is 0. The van der Waals surface area contributed by atoms with E-state index in [0.29, 0.717) is 23.2 Å². The van der Waals surface area contributed by atoms with Crippen molar-refractivity contribution in [3.8, 4) is 0 Å². The number of nitrogens with zero attached hydrogens (tertiary/aromatic N) is 1. The fourth-order valence-corrected chi connectivity index (χ4v) is 1.71. The summed E-state index contributed by atoms with van der Waals surface area (Å²) in [6.07, 6.45) is 0. The molecule has 4 heteroatoms. The van der Waals surface area contributed by atoms with Crippen LogP contribution in [-0.2, 0) is 6.54 Å². The zero-order chi connectivity index (χ0) is 12.6. The van der Waals surface area contributed by atoms with Gasteiger partial charge in [-0.1, -0.05) is 12.2 Å². The highest BCUT2D eigenvalue weighted by Crippen LogP contribution is 2.16. The van der Waals surface area contributed by atoms with Crippen molar-refractivity contribution in [2.45, 2.75) is 20.4 Å². The van der Waals surface area contributed by atoms with Crippen molar-refractivity contribution in [3.63, 3.8) is 0 Å². The molecule has 0 aliphatic carbocycles. The van der Waals surface area contributed by atoms with Crippen LogP contribution in [-0.4, -0.2) is 10.4 Å². The van der Waals surface area contributed by atoms with Crippen LogP contribution in [0.15, 0.2) is 39.6 Å².